The minimum Gasteiger partial charge on any atom is -0.481 e. The maximum atomic E-state index is 12.3. The zero-order valence-corrected chi connectivity index (χ0v) is 12.7. The first-order chi connectivity index (χ1) is 9.85. The lowest BCUT2D eigenvalue weighted by Crippen LogP contribution is -2.42. The number of likely N-dealkylation sites (N-methyl/N-ethyl adjacent to an activating group) is 1. The molecule has 6 heteroatoms. The van der Waals surface area contributed by atoms with Gasteiger partial charge >= 0.3 is 5.97 Å². The molecule has 0 aliphatic carbocycles. The number of benzene rings is 1. The first kappa shape index (κ1) is 17.0. The van der Waals surface area contributed by atoms with Crippen molar-refractivity contribution < 1.29 is 14.7 Å². The molecule has 1 atom stereocenters. The Morgan fingerprint density at radius 2 is 2.10 bits per heavy atom. The monoisotopic (exact) mass is 293 g/mol. The fraction of sp³-hybridized carbons (Fsp3) is 0.467. The van der Waals surface area contributed by atoms with Gasteiger partial charge in [0.25, 0.3) is 0 Å². The van der Waals surface area contributed by atoms with Crippen LogP contribution in [0, 0.1) is 6.92 Å². The predicted molar refractivity (Wildman–Crippen MR) is 83.2 cm³/mol. The SMILES string of the molecule is CCC(C(=O)Nc1ccc(C)c(N)c1)N(C)CCC(=O)O. The maximum Gasteiger partial charge on any atom is 0.304 e. The number of aliphatic carboxylic acids is 1. The van der Waals surface area contributed by atoms with Crippen LogP contribution in [0.4, 0.5) is 11.4 Å². The van der Waals surface area contributed by atoms with E-state index in [1.165, 1.54) is 0 Å². The number of nitrogens with two attached hydrogens (primary N) is 1. The number of amides is 1. The second-order valence-electron chi connectivity index (χ2n) is 5.11. The van der Waals surface area contributed by atoms with Gasteiger partial charge in [0, 0.05) is 17.9 Å². The Kier molecular flexibility index (Phi) is 6.17. The molecule has 6 nitrogen and oxygen atoms in total. The molecule has 0 bridgehead atoms. The van der Waals surface area contributed by atoms with Gasteiger partial charge in [-0.1, -0.05) is 13.0 Å². The average Bonchev–Trinajstić information content (AvgIpc) is 2.41. The summed E-state index contributed by atoms with van der Waals surface area (Å²) < 4.78 is 0. The number of nitrogens with zero attached hydrogens (tertiary/aromatic N) is 1. The minimum atomic E-state index is -0.872. The summed E-state index contributed by atoms with van der Waals surface area (Å²) in [6, 6.07) is 5.00. The van der Waals surface area contributed by atoms with Gasteiger partial charge in [-0.05, 0) is 38.1 Å². The minimum absolute atomic E-state index is 0.0117. The van der Waals surface area contributed by atoms with Gasteiger partial charge < -0.3 is 16.2 Å². The van der Waals surface area contributed by atoms with Crippen LogP contribution >= 0.6 is 0 Å². The second-order valence-corrected chi connectivity index (χ2v) is 5.11. The van der Waals surface area contributed by atoms with Crippen LogP contribution in [0.3, 0.4) is 0 Å². The van der Waals surface area contributed by atoms with E-state index in [-0.39, 0.29) is 18.4 Å². The summed E-state index contributed by atoms with van der Waals surface area (Å²) in [5.74, 6) is -1.03. The molecule has 0 heterocycles. The lowest BCUT2D eigenvalue weighted by atomic mass is 10.1. The number of aryl methyl sites for hydroxylation is 1. The summed E-state index contributed by atoms with van der Waals surface area (Å²) in [7, 11) is 1.75. The molecule has 0 fully saturated rings. The number of anilines is 2. The van der Waals surface area contributed by atoms with E-state index in [0.29, 0.717) is 24.3 Å². The summed E-state index contributed by atoms with van der Waals surface area (Å²) in [5, 5.41) is 11.5. The Morgan fingerprint density at radius 1 is 1.43 bits per heavy atom. The molecule has 116 valence electrons. The van der Waals surface area contributed by atoms with Gasteiger partial charge in [-0.2, -0.15) is 0 Å². The van der Waals surface area contributed by atoms with E-state index in [4.69, 9.17) is 10.8 Å². The van der Waals surface area contributed by atoms with Gasteiger partial charge in [0.15, 0.2) is 0 Å². The van der Waals surface area contributed by atoms with Crippen LogP contribution in [0.5, 0.6) is 0 Å². The normalized spacial score (nSPS) is 12.2. The number of carboxylic acids is 1. The first-order valence-electron chi connectivity index (χ1n) is 6.94. The van der Waals surface area contributed by atoms with Crippen molar-refractivity contribution in [1.29, 1.82) is 0 Å². The van der Waals surface area contributed by atoms with E-state index in [2.05, 4.69) is 5.32 Å². The third kappa shape index (κ3) is 5.07. The highest BCUT2D eigenvalue weighted by molar-refractivity contribution is 5.95. The fourth-order valence-electron chi connectivity index (χ4n) is 2.07. The molecule has 1 unspecified atom stereocenters. The molecular weight excluding hydrogens is 270 g/mol. The number of carbonyl (C=O) groups excluding carboxylic acids is 1. The van der Waals surface area contributed by atoms with Crippen molar-refractivity contribution in [2.75, 3.05) is 24.6 Å². The van der Waals surface area contributed by atoms with Crippen LogP contribution in [-0.2, 0) is 9.59 Å². The van der Waals surface area contributed by atoms with Crippen molar-refractivity contribution in [3.8, 4) is 0 Å². The Balaban J connectivity index is 2.69. The van der Waals surface area contributed by atoms with E-state index in [1.54, 1.807) is 24.1 Å². The van der Waals surface area contributed by atoms with Crippen molar-refractivity contribution in [2.24, 2.45) is 0 Å². The molecule has 0 aromatic heterocycles. The smallest absolute Gasteiger partial charge is 0.304 e. The molecule has 1 aromatic rings. The zero-order valence-electron chi connectivity index (χ0n) is 12.7. The van der Waals surface area contributed by atoms with Gasteiger partial charge in [-0.15, -0.1) is 0 Å². The van der Waals surface area contributed by atoms with E-state index in [1.807, 2.05) is 19.9 Å². The Morgan fingerprint density at radius 3 is 2.62 bits per heavy atom. The summed E-state index contributed by atoms with van der Waals surface area (Å²) in [4.78, 5) is 24.6. The molecular formula is C15H23N3O3. The van der Waals surface area contributed by atoms with Gasteiger partial charge in [-0.3, -0.25) is 14.5 Å². The Bertz CT molecular complexity index is 517. The molecule has 0 saturated carbocycles. The van der Waals surface area contributed by atoms with Gasteiger partial charge in [0.2, 0.25) is 5.91 Å². The van der Waals surface area contributed by atoms with Crippen molar-refractivity contribution in [3.63, 3.8) is 0 Å². The third-order valence-corrected chi connectivity index (χ3v) is 3.45. The van der Waals surface area contributed by atoms with Crippen LogP contribution in [0.15, 0.2) is 18.2 Å². The summed E-state index contributed by atoms with van der Waals surface area (Å²) >= 11 is 0. The fourth-order valence-corrected chi connectivity index (χ4v) is 2.07. The first-order valence-corrected chi connectivity index (χ1v) is 6.94. The number of carboxylic acid groups (broad SMARTS) is 1. The van der Waals surface area contributed by atoms with Gasteiger partial charge in [0.1, 0.15) is 0 Å². The van der Waals surface area contributed by atoms with Crippen molar-refractivity contribution >= 4 is 23.3 Å². The highest BCUT2D eigenvalue weighted by atomic mass is 16.4. The molecule has 0 aliphatic rings. The second kappa shape index (κ2) is 7.64. The standard InChI is InChI=1S/C15H23N3O3/c1-4-13(18(3)8-7-14(19)20)15(21)17-11-6-5-10(2)12(16)9-11/h5-6,9,13H,4,7-8,16H2,1-3H3,(H,17,21)(H,19,20). The van der Waals surface area contributed by atoms with Gasteiger partial charge in [-0.25, -0.2) is 0 Å². The lowest BCUT2D eigenvalue weighted by Gasteiger charge is -2.25. The molecule has 0 aliphatic heterocycles. The Hall–Kier alpha value is -2.08. The average molecular weight is 293 g/mol. The molecule has 1 aromatic carbocycles. The van der Waals surface area contributed by atoms with Crippen LogP contribution in [0.1, 0.15) is 25.3 Å². The predicted octanol–water partition coefficient (Wildman–Crippen LogP) is 1.70. The number of hydrogen-bond acceptors (Lipinski definition) is 4. The third-order valence-electron chi connectivity index (χ3n) is 3.45. The number of carbonyl (C=O) groups is 2. The molecule has 1 amide bonds. The highest BCUT2D eigenvalue weighted by Gasteiger charge is 2.21. The van der Waals surface area contributed by atoms with Crippen LogP contribution in [0.25, 0.3) is 0 Å². The van der Waals surface area contributed by atoms with E-state index in [9.17, 15) is 9.59 Å². The highest BCUT2D eigenvalue weighted by Crippen LogP contribution is 2.17. The van der Waals surface area contributed by atoms with Crippen molar-refractivity contribution in [2.45, 2.75) is 32.7 Å². The van der Waals surface area contributed by atoms with Crippen LogP contribution < -0.4 is 11.1 Å². The maximum absolute atomic E-state index is 12.3. The number of hydrogen-bond donors (Lipinski definition) is 3. The largest absolute Gasteiger partial charge is 0.481 e. The topological polar surface area (TPSA) is 95.7 Å². The summed E-state index contributed by atoms with van der Waals surface area (Å²) in [5.41, 5.74) is 8.05. The zero-order chi connectivity index (χ0) is 16.0. The van der Waals surface area contributed by atoms with E-state index in [0.717, 1.165) is 5.56 Å². The van der Waals surface area contributed by atoms with E-state index >= 15 is 0 Å². The van der Waals surface area contributed by atoms with Crippen molar-refractivity contribution in [1.82, 2.24) is 4.90 Å². The quantitative estimate of drug-likeness (QED) is 0.665. The van der Waals surface area contributed by atoms with Crippen molar-refractivity contribution in [3.05, 3.63) is 23.8 Å². The molecule has 4 N–H and O–H groups in total. The summed E-state index contributed by atoms with van der Waals surface area (Å²) in [6.07, 6.45) is 0.612. The number of nitrogens with one attached hydrogen (secondary N) is 1. The van der Waals surface area contributed by atoms with E-state index < -0.39 is 5.97 Å². The van der Waals surface area contributed by atoms with Gasteiger partial charge in [0.05, 0.1) is 12.5 Å². The Labute approximate surface area is 124 Å². The van der Waals surface area contributed by atoms with Crippen LogP contribution in [-0.4, -0.2) is 41.5 Å². The van der Waals surface area contributed by atoms with Crippen LogP contribution in [0.2, 0.25) is 0 Å². The molecule has 0 spiro atoms. The number of nitrogen functional groups attached to an aromatic ring is 1. The molecule has 0 saturated heterocycles. The lowest BCUT2D eigenvalue weighted by molar-refractivity contribution is -0.137. The molecule has 0 radical (unpaired) electrons. The summed E-state index contributed by atoms with van der Waals surface area (Å²) in [6.45, 7) is 4.12. The molecule has 1 rings (SSSR count). The molecule has 21 heavy (non-hydrogen) atoms. The number of rotatable bonds is 7.